The summed E-state index contributed by atoms with van der Waals surface area (Å²) in [6, 6.07) is 2.42. The summed E-state index contributed by atoms with van der Waals surface area (Å²) >= 11 is 5.55. The lowest BCUT2D eigenvalue weighted by atomic mass is 10.1. The number of amides is 1. The first-order chi connectivity index (χ1) is 9.27. The number of halogens is 4. The van der Waals surface area contributed by atoms with Crippen LogP contribution in [0.25, 0.3) is 0 Å². The van der Waals surface area contributed by atoms with E-state index in [9.17, 15) is 23.1 Å². The van der Waals surface area contributed by atoms with Gasteiger partial charge in [-0.25, -0.2) is 0 Å². The molecule has 0 spiro atoms. The number of carbonyl (C=O) groups is 1. The fourth-order valence-corrected chi connectivity index (χ4v) is 2.17. The van der Waals surface area contributed by atoms with Crippen molar-refractivity contribution in [3.8, 4) is 0 Å². The summed E-state index contributed by atoms with van der Waals surface area (Å²) in [5.41, 5.74) is -1.35. The van der Waals surface area contributed by atoms with Gasteiger partial charge < -0.3 is 15.7 Å². The molecule has 1 heterocycles. The molecule has 4 nitrogen and oxygen atoms in total. The molecule has 0 saturated carbocycles. The summed E-state index contributed by atoms with van der Waals surface area (Å²) in [5, 5.41) is 14.2. The Morgan fingerprint density at radius 2 is 2.15 bits per heavy atom. The quantitative estimate of drug-likeness (QED) is 0.783. The molecule has 1 amide bonds. The zero-order chi connectivity index (χ0) is 14.9. The van der Waals surface area contributed by atoms with Crippen LogP contribution < -0.4 is 10.6 Å². The van der Waals surface area contributed by atoms with Crippen LogP contribution in [0.1, 0.15) is 12.0 Å². The highest BCUT2D eigenvalue weighted by Crippen LogP contribution is 2.36. The highest BCUT2D eigenvalue weighted by atomic mass is 35.5. The number of hydrogen-bond donors (Lipinski definition) is 3. The molecule has 2 unspecified atom stereocenters. The fourth-order valence-electron chi connectivity index (χ4n) is 2.00. The first kappa shape index (κ1) is 15.1. The van der Waals surface area contributed by atoms with Gasteiger partial charge >= 0.3 is 6.18 Å². The number of β-amino-alcohol motifs (C(OH)–C–C–N with tert-alkyl or cyclic N) is 1. The van der Waals surface area contributed by atoms with E-state index in [1.165, 1.54) is 6.07 Å². The highest BCUT2D eigenvalue weighted by molar-refractivity contribution is 6.30. The predicted octanol–water partition coefficient (Wildman–Crippen LogP) is 2.02. The Balaban J connectivity index is 2.19. The molecule has 0 aromatic heterocycles. The van der Waals surface area contributed by atoms with Crippen LogP contribution in [0.3, 0.4) is 0 Å². The number of hydrogen-bond acceptors (Lipinski definition) is 3. The number of aliphatic hydroxyl groups excluding tert-OH is 1. The second-order valence-corrected chi connectivity index (χ2v) is 4.96. The summed E-state index contributed by atoms with van der Waals surface area (Å²) < 4.78 is 38.6. The number of rotatable bonds is 2. The van der Waals surface area contributed by atoms with Crippen molar-refractivity contribution in [1.82, 2.24) is 5.32 Å². The molecule has 3 N–H and O–H groups in total. The maximum absolute atomic E-state index is 12.9. The number of nitrogens with one attached hydrogen (secondary N) is 2. The van der Waals surface area contributed by atoms with E-state index in [-0.39, 0.29) is 23.7 Å². The number of alkyl halides is 3. The summed E-state index contributed by atoms with van der Waals surface area (Å²) in [6.45, 7) is 0.241. The van der Waals surface area contributed by atoms with Gasteiger partial charge in [-0.05, 0) is 24.6 Å². The molecule has 1 saturated heterocycles. The van der Waals surface area contributed by atoms with Crippen LogP contribution in [-0.4, -0.2) is 29.7 Å². The molecule has 0 radical (unpaired) electrons. The molecule has 1 aromatic rings. The van der Waals surface area contributed by atoms with Crippen molar-refractivity contribution >= 4 is 23.2 Å². The Labute approximate surface area is 117 Å². The van der Waals surface area contributed by atoms with E-state index >= 15 is 0 Å². The summed E-state index contributed by atoms with van der Waals surface area (Å²) in [6.07, 6.45) is -5.12. The minimum Gasteiger partial charge on any atom is -0.392 e. The van der Waals surface area contributed by atoms with Gasteiger partial charge in [0.05, 0.1) is 23.4 Å². The minimum absolute atomic E-state index is 0.0651. The second-order valence-electron chi connectivity index (χ2n) is 4.53. The molecule has 0 aliphatic carbocycles. The van der Waals surface area contributed by atoms with Gasteiger partial charge in [-0.15, -0.1) is 0 Å². The Morgan fingerprint density at radius 1 is 1.45 bits per heavy atom. The van der Waals surface area contributed by atoms with E-state index in [2.05, 4.69) is 10.6 Å². The van der Waals surface area contributed by atoms with Gasteiger partial charge in [-0.2, -0.15) is 13.2 Å². The lowest BCUT2D eigenvalue weighted by Gasteiger charge is -2.16. The Hall–Kier alpha value is -1.31. The van der Waals surface area contributed by atoms with Crippen molar-refractivity contribution in [1.29, 1.82) is 0 Å². The van der Waals surface area contributed by atoms with Crippen LogP contribution in [0.5, 0.6) is 0 Å². The number of carbonyl (C=O) groups excluding carboxylic acids is 1. The van der Waals surface area contributed by atoms with Crippen LogP contribution in [0, 0.1) is 0 Å². The topological polar surface area (TPSA) is 61.4 Å². The Bertz CT molecular complexity index is 522. The van der Waals surface area contributed by atoms with Gasteiger partial charge in [0.25, 0.3) is 0 Å². The molecule has 8 heteroatoms. The Kier molecular flexibility index (Phi) is 4.22. The molecule has 0 bridgehead atoms. The molecule has 1 aromatic carbocycles. The normalized spacial score (nSPS) is 22.9. The van der Waals surface area contributed by atoms with Crippen molar-refractivity contribution < 1.29 is 23.1 Å². The van der Waals surface area contributed by atoms with Crippen molar-refractivity contribution in [3.63, 3.8) is 0 Å². The molecule has 2 rings (SSSR count). The van der Waals surface area contributed by atoms with Gasteiger partial charge in [0.15, 0.2) is 0 Å². The third-order valence-electron chi connectivity index (χ3n) is 2.97. The third kappa shape index (κ3) is 3.41. The van der Waals surface area contributed by atoms with Gasteiger partial charge in [-0.1, -0.05) is 11.6 Å². The van der Waals surface area contributed by atoms with Crippen LogP contribution in [0.4, 0.5) is 18.9 Å². The van der Waals surface area contributed by atoms with E-state index in [1.54, 1.807) is 0 Å². The van der Waals surface area contributed by atoms with Crippen molar-refractivity contribution in [3.05, 3.63) is 28.8 Å². The maximum atomic E-state index is 12.9. The second kappa shape index (κ2) is 5.59. The molecule has 20 heavy (non-hydrogen) atoms. The number of anilines is 1. The molecular formula is C12H12ClF3N2O2. The predicted molar refractivity (Wildman–Crippen MR) is 67.5 cm³/mol. The lowest BCUT2D eigenvalue weighted by molar-refractivity contribution is -0.137. The Morgan fingerprint density at radius 3 is 2.70 bits per heavy atom. The van der Waals surface area contributed by atoms with Gasteiger partial charge in [-0.3, -0.25) is 4.79 Å². The smallest absolute Gasteiger partial charge is 0.392 e. The number of aliphatic hydroxyl groups is 1. The summed E-state index contributed by atoms with van der Waals surface area (Å²) in [7, 11) is 0. The van der Waals surface area contributed by atoms with Crippen molar-refractivity contribution in [2.24, 2.45) is 0 Å². The first-order valence-electron chi connectivity index (χ1n) is 5.86. The summed E-state index contributed by atoms with van der Waals surface area (Å²) in [5.74, 6) is -0.616. The first-order valence-corrected chi connectivity index (χ1v) is 6.24. The van der Waals surface area contributed by atoms with E-state index in [4.69, 9.17) is 11.6 Å². The van der Waals surface area contributed by atoms with E-state index in [0.717, 1.165) is 12.1 Å². The lowest BCUT2D eigenvalue weighted by Crippen LogP contribution is -2.36. The van der Waals surface area contributed by atoms with Crippen LogP contribution in [-0.2, 0) is 11.0 Å². The van der Waals surface area contributed by atoms with E-state index in [1.807, 2.05) is 0 Å². The van der Waals surface area contributed by atoms with Crippen molar-refractivity contribution in [2.45, 2.75) is 24.7 Å². The number of benzene rings is 1. The monoisotopic (exact) mass is 308 g/mol. The van der Waals surface area contributed by atoms with E-state index in [0.29, 0.717) is 0 Å². The SMILES string of the molecule is O=C(Nc1ccc(Cl)cc1C(F)(F)F)C1CC(O)CN1. The molecule has 1 aliphatic heterocycles. The molecule has 1 fully saturated rings. The fraction of sp³-hybridized carbons (Fsp3) is 0.417. The zero-order valence-electron chi connectivity index (χ0n) is 10.2. The molecule has 110 valence electrons. The summed E-state index contributed by atoms with van der Waals surface area (Å²) in [4.78, 5) is 11.8. The van der Waals surface area contributed by atoms with Crippen molar-refractivity contribution in [2.75, 3.05) is 11.9 Å². The third-order valence-corrected chi connectivity index (χ3v) is 3.20. The van der Waals surface area contributed by atoms with Crippen LogP contribution in [0.15, 0.2) is 18.2 Å². The zero-order valence-corrected chi connectivity index (χ0v) is 10.9. The molecular weight excluding hydrogens is 297 g/mol. The van der Waals surface area contributed by atoms with Gasteiger partial charge in [0.2, 0.25) is 5.91 Å². The molecule has 1 aliphatic rings. The molecule has 2 atom stereocenters. The average molecular weight is 309 g/mol. The van der Waals surface area contributed by atoms with Crippen LogP contribution >= 0.6 is 11.6 Å². The standard InChI is InChI=1S/C12H12ClF3N2O2/c13-6-1-2-9(8(3-6)12(14,15)16)18-11(20)10-4-7(19)5-17-10/h1-3,7,10,17,19H,4-5H2,(H,18,20). The van der Waals surface area contributed by atoms with Gasteiger partial charge in [0, 0.05) is 11.6 Å². The maximum Gasteiger partial charge on any atom is 0.418 e. The van der Waals surface area contributed by atoms with Crippen LogP contribution in [0.2, 0.25) is 5.02 Å². The average Bonchev–Trinajstić information content (AvgIpc) is 2.77. The van der Waals surface area contributed by atoms with E-state index < -0.39 is 29.8 Å². The van der Waals surface area contributed by atoms with Gasteiger partial charge in [0.1, 0.15) is 0 Å². The highest BCUT2D eigenvalue weighted by Gasteiger charge is 2.35. The largest absolute Gasteiger partial charge is 0.418 e. The minimum atomic E-state index is -4.61.